The number of halogens is 1. The lowest BCUT2D eigenvalue weighted by Crippen LogP contribution is -1.86. The summed E-state index contributed by atoms with van der Waals surface area (Å²) in [6.07, 6.45) is 8.22. The standard InChI is InChI=1S/C12H13BrN2/c13-8-6-10-9-4-2-1-3-5-11(9)15-12(10)14-7-8/h6-7H,1-5H2,(H,14,15). The summed E-state index contributed by atoms with van der Waals surface area (Å²) < 4.78 is 1.07. The van der Waals surface area contributed by atoms with Crippen LogP contribution in [-0.4, -0.2) is 9.97 Å². The minimum Gasteiger partial charge on any atom is -0.343 e. The monoisotopic (exact) mass is 264 g/mol. The summed E-state index contributed by atoms with van der Waals surface area (Å²) in [6, 6.07) is 2.18. The molecule has 2 heterocycles. The zero-order valence-corrected chi connectivity index (χ0v) is 10.1. The molecule has 1 N–H and O–H groups in total. The number of rotatable bonds is 0. The number of H-pyrrole nitrogens is 1. The van der Waals surface area contributed by atoms with Crippen molar-refractivity contribution in [2.24, 2.45) is 0 Å². The average molecular weight is 265 g/mol. The first-order valence-corrected chi connectivity index (χ1v) is 6.29. The van der Waals surface area contributed by atoms with Gasteiger partial charge in [0.05, 0.1) is 0 Å². The zero-order valence-electron chi connectivity index (χ0n) is 8.52. The summed E-state index contributed by atoms with van der Waals surface area (Å²) in [5.41, 5.74) is 3.95. The lowest BCUT2D eigenvalue weighted by molar-refractivity contribution is 0.708. The van der Waals surface area contributed by atoms with Gasteiger partial charge in [0.2, 0.25) is 0 Å². The molecule has 0 saturated heterocycles. The van der Waals surface area contributed by atoms with E-state index >= 15 is 0 Å². The van der Waals surface area contributed by atoms with Gasteiger partial charge in [-0.2, -0.15) is 0 Å². The van der Waals surface area contributed by atoms with Crippen LogP contribution in [0.25, 0.3) is 11.0 Å². The van der Waals surface area contributed by atoms with Crippen LogP contribution in [-0.2, 0) is 12.8 Å². The number of fused-ring (bicyclic) bond motifs is 3. The van der Waals surface area contributed by atoms with Crippen LogP contribution in [0.4, 0.5) is 0 Å². The Morgan fingerprint density at radius 3 is 3.00 bits per heavy atom. The molecule has 2 aromatic heterocycles. The maximum Gasteiger partial charge on any atom is 0.137 e. The van der Waals surface area contributed by atoms with E-state index < -0.39 is 0 Å². The summed E-state index contributed by atoms with van der Waals surface area (Å²) in [5, 5.41) is 1.31. The van der Waals surface area contributed by atoms with Crippen LogP contribution in [0.15, 0.2) is 16.7 Å². The number of nitrogens with one attached hydrogen (secondary N) is 1. The Morgan fingerprint density at radius 1 is 1.20 bits per heavy atom. The van der Waals surface area contributed by atoms with Gasteiger partial charge >= 0.3 is 0 Å². The van der Waals surface area contributed by atoms with Gasteiger partial charge in [-0.15, -0.1) is 0 Å². The highest BCUT2D eigenvalue weighted by atomic mass is 79.9. The second kappa shape index (κ2) is 3.63. The molecule has 15 heavy (non-hydrogen) atoms. The third-order valence-corrected chi connectivity index (χ3v) is 3.60. The summed E-state index contributed by atoms with van der Waals surface area (Å²) in [5.74, 6) is 0. The molecule has 0 aromatic carbocycles. The van der Waals surface area contributed by atoms with Crippen molar-refractivity contribution in [3.8, 4) is 0 Å². The molecule has 0 amide bonds. The minimum atomic E-state index is 1.05. The maximum atomic E-state index is 4.41. The van der Waals surface area contributed by atoms with Gasteiger partial charge in [-0.3, -0.25) is 0 Å². The molecular formula is C12H13BrN2. The number of pyridine rings is 1. The Bertz CT molecular complexity index is 502. The van der Waals surface area contributed by atoms with Gasteiger partial charge in [-0.05, 0) is 53.2 Å². The molecule has 2 aromatic rings. The Morgan fingerprint density at radius 2 is 2.07 bits per heavy atom. The van der Waals surface area contributed by atoms with Crippen molar-refractivity contribution in [1.82, 2.24) is 9.97 Å². The molecule has 0 saturated carbocycles. The minimum absolute atomic E-state index is 1.05. The third kappa shape index (κ3) is 1.59. The Balaban J connectivity index is 2.24. The van der Waals surface area contributed by atoms with Gasteiger partial charge < -0.3 is 4.98 Å². The van der Waals surface area contributed by atoms with Crippen molar-refractivity contribution in [3.05, 3.63) is 28.0 Å². The Labute approximate surface area is 97.2 Å². The van der Waals surface area contributed by atoms with Gasteiger partial charge in [0.15, 0.2) is 0 Å². The SMILES string of the molecule is Brc1cnc2[nH]c3c(c2c1)CCCCC3. The quantitative estimate of drug-likeness (QED) is 0.724. The van der Waals surface area contributed by atoms with Crippen molar-refractivity contribution >= 4 is 27.0 Å². The molecule has 0 spiro atoms. The normalized spacial score (nSPS) is 16.3. The third-order valence-electron chi connectivity index (χ3n) is 3.17. The fourth-order valence-electron chi connectivity index (χ4n) is 2.43. The molecule has 0 aliphatic heterocycles. The molecule has 0 radical (unpaired) electrons. The summed E-state index contributed by atoms with van der Waals surface area (Å²) in [6.45, 7) is 0. The molecule has 3 heteroatoms. The van der Waals surface area contributed by atoms with E-state index in [2.05, 4.69) is 32.0 Å². The van der Waals surface area contributed by atoms with E-state index in [1.54, 1.807) is 0 Å². The molecule has 1 aliphatic carbocycles. The first-order valence-electron chi connectivity index (χ1n) is 5.49. The molecule has 0 fully saturated rings. The van der Waals surface area contributed by atoms with Crippen LogP contribution >= 0.6 is 15.9 Å². The van der Waals surface area contributed by atoms with Crippen LogP contribution in [0.5, 0.6) is 0 Å². The molecule has 1 aliphatic rings. The smallest absolute Gasteiger partial charge is 0.137 e. The van der Waals surface area contributed by atoms with Gasteiger partial charge in [0.1, 0.15) is 5.65 Å². The zero-order chi connectivity index (χ0) is 10.3. The number of aromatic nitrogens is 2. The van der Waals surface area contributed by atoms with E-state index in [1.807, 2.05) is 6.20 Å². The van der Waals surface area contributed by atoms with Crippen LogP contribution in [0.1, 0.15) is 30.5 Å². The molecule has 0 atom stereocenters. The molecule has 3 rings (SSSR count). The average Bonchev–Trinajstić information content (AvgIpc) is 2.44. The van der Waals surface area contributed by atoms with Crippen LogP contribution in [0.2, 0.25) is 0 Å². The second-order valence-electron chi connectivity index (χ2n) is 4.19. The topological polar surface area (TPSA) is 28.7 Å². The van der Waals surface area contributed by atoms with E-state index in [9.17, 15) is 0 Å². The van der Waals surface area contributed by atoms with Gasteiger partial charge in [-0.1, -0.05) is 6.42 Å². The first kappa shape index (κ1) is 9.40. The van der Waals surface area contributed by atoms with Crippen LogP contribution in [0, 0.1) is 0 Å². The highest BCUT2D eigenvalue weighted by molar-refractivity contribution is 9.10. The largest absolute Gasteiger partial charge is 0.343 e. The Kier molecular flexibility index (Phi) is 2.28. The second-order valence-corrected chi connectivity index (χ2v) is 5.11. The van der Waals surface area contributed by atoms with E-state index in [4.69, 9.17) is 0 Å². The van der Waals surface area contributed by atoms with Gasteiger partial charge in [0, 0.05) is 21.7 Å². The highest BCUT2D eigenvalue weighted by Gasteiger charge is 2.14. The summed E-state index contributed by atoms with van der Waals surface area (Å²) in [7, 11) is 0. The fourth-order valence-corrected chi connectivity index (χ4v) is 2.76. The van der Waals surface area contributed by atoms with Crippen molar-refractivity contribution in [1.29, 1.82) is 0 Å². The number of nitrogens with zero attached hydrogens (tertiary/aromatic N) is 1. The molecule has 0 bridgehead atoms. The van der Waals surface area contributed by atoms with Crippen LogP contribution in [0.3, 0.4) is 0 Å². The van der Waals surface area contributed by atoms with Crippen molar-refractivity contribution in [2.45, 2.75) is 32.1 Å². The maximum absolute atomic E-state index is 4.41. The van der Waals surface area contributed by atoms with Crippen molar-refractivity contribution in [2.75, 3.05) is 0 Å². The van der Waals surface area contributed by atoms with E-state index in [-0.39, 0.29) is 0 Å². The highest BCUT2D eigenvalue weighted by Crippen LogP contribution is 2.28. The van der Waals surface area contributed by atoms with E-state index in [0.29, 0.717) is 0 Å². The molecule has 78 valence electrons. The lowest BCUT2D eigenvalue weighted by atomic mass is 10.1. The van der Waals surface area contributed by atoms with Gasteiger partial charge in [0.25, 0.3) is 0 Å². The molecular weight excluding hydrogens is 252 g/mol. The van der Waals surface area contributed by atoms with E-state index in [0.717, 1.165) is 10.1 Å². The fraction of sp³-hybridized carbons (Fsp3) is 0.417. The predicted octanol–water partition coefficient (Wildman–Crippen LogP) is 3.59. The van der Waals surface area contributed by atoms with Gasteiger partial charge in [-0.25, -0.2) is 4.98 Å². The van der Waals surface area contributed by atoms with Crippen LogP contribution < -0.4 is 0 Å². The number of hydrogen-bond acceptors (Lipinski definition) is 1. The van der Waals surface area contributed by atoms with Crippen molar-refractivity contribution in [3.63, 3.8) is 0 Å². The predicted molar refractivity (Wildman–Crippen MR) is 65.1 cm³/mol. The summed E-state index contributed by atoms with van der Waals surface area (Å²) in [4.78, 5) is 7.87. The van der Waals surface area contributed by atoms with Crippen molar-refractivity contribution < 1.29 is 0 Å². The number of aromatic amines is 1. The summed E-state index contributed by atoms with van der Waals surface area (Å²) >= 11 is 3.49. The first-order chi connectivity index (χ1) is 7.34. The van der Waals surface area contributed by atoms with E-state index in [1.165, 1.54) is 48.7 Å². The lowest BCUT2D eigenvalue weighted by Gasteiger charge is -1.97. The molecule has 2 nitrogen and oxygen atoms in total. The number of aryl methyl sites for hydroxylation is 2. The number of hydrogen-bond donors (Lipinski definition) is 1. The Hall–Kier alpha value is -0.830. The molecule has 0 unspecified atom stereocenters.